The van der Waals surface area contributed by atoms with Crippen LogP contribution >= 0.6 is 0 Å². The Bertz CT molecular complexity index is 877. The molecule has 0 aliphatic carbocycles. The lowest BCUT2D eigenvalue weighted by Gasteiger charge is -2.31. The van der Waals surface area contributed by atoms with Crippen molar-refractivity contribution in [1.29, 1.82) is 0 Å². The lowest BCUT2D eigenvalue weighted by molar-refractivity contribution is -0.139. The Morgan fingerprint density at radius 1 is 0.967 bits per heavy atom. The maximum absolute atomic E-state index is 12.3. The first kappa shape index (κ1) is 21.7. The molecular formula is C24H32N4O2. The van der Waals surface area contributed by atoms with Gasteiger partial charge in [0.25, 0.3) is 0 Å². The van der Waals surface area contributed by atoms with Gasteiger partial charge in [0.2, 0.25) is 0 Å². The number of para-hydroxylation sites is 1. The van der Waals surface area contributed by atoms with Crippen LogP contribution in [0.15, 0.2) is 48.5 Å². The summed E-state index contributed by atoms with van der Waals surface area (Å²) in [4.78, 5) is 28.8. The fraction of sp³-hybridized carbons (Fsp3) is 0.417. The minimum Gasteiger partial charge on any atom is -0.378 e. The Morgan fingerprint density at radius 3 is 2.23 bits per heavy atom. The van der Waals surface area contributed by atoms with Crippen LogP contribution in [-0.2, 0) is 16.0 Å². The monoisotopic (exact) mass is 408 g/mol. The van der Waals surface area contributed by atoms with E-state index in [4.69, 9.17) is 0 Å². The minimum absolute atomic E-state index is 0.0493. The van der Waals surface area contributed by atoms with Gasteiger partial charge in [0, 0.05) is 45.1 Å². The Labute approximate surface area is 179 Å². The van der Waals surface area contributed by atoms with E-state index in [0.29, 0.717) is 19.0 Å². The number of carbonyl (C=O) groups excluding carboxylic acids is 2. The molecule has 160 valence electrons. The molecule has 1 atom stereocenters. The zero-order valence-corrected chi connectivity index (χ0v) is 18.3. The van der Waals surface area contributed by atoms with Crippen molar-refractivity contribution in [2.24, 2.45) is 5.92 Å². The number of amides is 2. The van der Waals surface area contributed by atoms with Crippen LogP contribution in [-0.4, -0.2) is 45.5 Å². The topological polar surface area (TPSA) is 64.7 Å². The van der Waals surface area contributed by atoms with E-state index < -0.39 is 11.8 Å². The average Bonchev–Trinajstić information content (AvgIpc) is 3.16. The lowest BCUT2D eigenvalue weighted by atomic mass is 10.0. The summed E-state index contributed by atoms with van der Waals surface area (Å²) >= 11 is 0. The summed E-state index contributed by atoms with van der Waals surface area (Å²) in [7, 11) is 4.03. The molecule has 2 aromatic rings. The molecule has 0 radical (unpaired) electrons. The fourth-order valence-electron chi connectivity index (χ4n) is 3.74. The third-order valence-corrected chi connectivity index (χ3v) is 5.43. The largest absolute Gasteiger partial charge is 0.378 e. The Hall–Kier alpha value is -3.02. The van der Waals surface area contributed by atoms with Gasteiger partial charge < -0.3 is 20.4 Å². The molecule has 2 aromatic carbocycles. The van der Waals surface area contributed by atoms with Crippen molar-refractivity contribution < 1.29 is 9.59 Å². The molecule has 0 fully saturated rings. The van der Waals surface area contributed by atoms with Crippen LogP contribution in [0.5, 0.6) is 0 Å². The summed E-state index contributed by atoms with van der Waals surface area (Å²) in [5, 5.41) is 5.53. The normalized spacial score (nSPS) is 13.7. The second-order valence-electron chi connectivity index (χ2n) is 8.39. The van der Waals surface area contributed by atoms with Gasteiger partial charge in [-0.15, -0.1) is 0 Å². The molecular weight excluding hydrogens is 376 g/mol. The summed E-state index contributed by atoms with van der Waals surface area (Å²) in [5.41, 5.74) is 4.74. The molecule has 6 heteroatoms. The molecule has 2 N–H and O–H groups in total. The zero-order valence-electron chi connectivity index (χ0n) is 18.3. The Morgan fingerprint density at radius 2 is 1.60 bits per heavy atom. The molecule has 3 rings (SSSR count). The van der Waals surface area contributed by atoms with Crippen molar-refractivity contribution in [3.05, 3.63) is 59.7 Å². The summed E-state index contributed by atoms with van der Waals surface area (Å²) in [5.74, 6) is -0.865. The average molecular weight is 409 g/mol. The highest BCUT2D eigenvalue weighted by atomic mass is 16.2. The van der Waals surface area contributed by atoms with Gasteiger partial charge in [-0.1, -0.05) is 44.2 Å². The molecule has 0 bridgehead atoms. The van der Waals surface area contributed by atoms with Crippen molar-refractivity contribution in [3.8, 4) is 0 Å². The van der Waals surface area contributed by atoms with E-state index in [9.17, 15) is 9.59 Å². The van der Waals surface area contributed by atoms with Gasteiger partial charge in [-0.3, -0.25) is 9.59 Å². The van der Waals surface area contributed by atoms with Gasteiger partial charge in [-0.2, -0.15) is 0 Å². The number of nitrogens with zero attached hydrogens (tertiary/aromatic N) is 2. The van der Waals surface area contributed by atoms with Crippen molar-refractivity contribution >= 4 is 23.2 Å². The molecule has 1 aliphatic heterocycles. The van der Waals surface area contributed by atoms with Crippen LogP contribution in [0.4, 0.5) is 11.4 Å². The van der Waals surface area contributed by atoms with E-state index >= 15 is 0 Å². The van der Waals surface area contributed by atoms with E-state index in [1.165, 1.54) is 11.3 Å². The third-order valence-electron chi connectivity index (χ3n) is 5.43. The maximum Gasteiger partial charge on any atom is 0.309 e. The van der Waals surface area contributed by atoms with Crippen LogP contribution in [0.2, 0.25) is 0 Å². The number of rotatable bonds is 7. The molecule has 0 unspecified atom stereocenters. The van der Waals surface area contributed by atoms with E-state index in [1.807, 2.05) is 34.0 Å². The fourth-order valence-corrected chi connectivity index (χ4v) is 3.74. The predicted octanol–water partition coefficient (Wildman–Crippen LogP) is 2.74. The summed E-state index contributed by atoms with van der Waals surface area (Å²) in [6.45, 7) is 5.73. The Kier molecular flexibility index (Phi) is 6.98. The van der Waals surface area contributed by atoms with Gasteiger partial charge in [0.05, 0.1) is 6.04 Å². The van der Waals surface area contributed by atoms with Crippen LogP contribution in [0.25, 0.3) is 0 Å². The summed E-state index contributed by atoms with van der Waals surface area (Å²) in [6.07, 6.45) is 0.977. The maximum atomic E-state index is 12.3. The van der Waals surface area contributed by atoms with E-state index in [-0.39, 0.29) is 6.04 Å². The second-order valence-corrected chi connectivity index (χ2v) is 8.39. The van der Waals surface area contributed by atoms with E-state index in [1.54, 1.807) is 0 Å². The van der Waals surface area contributed by atoms with Gasteiger partial charge in [-0.25, -0.2) is 0 Å². The SMILES string of the molecule is CC(C)CNC(=O)C(=O)NC[C@@H](c1ccc(N(C)C)cc1)N1CCc2ccccc21. The zero-order chi connectivity index (χ0) is 21.7. The molecule has 0 saturated carbocycles. The van der Waals surface area contributed by atoms with Gasteiger partial charge in [-0.05, 0) is 41.7 Å². The molecule has 30 heavy (non-hydrogen) atoms. The smallest absolute Gasteiger partial charge is 0.309 e. The standard InChI is InChI=1S/C24H32N4O2/c1-17(2)15-25-23(29)24(30)26-16-22(19-9-11-20(12-10-19)27(3)4)28-14-13-18-7-5-6-8-21(18)28/h5-12,17,22H,13-16H2,1-4H3,(H,25,29)(H,26,30)/t22-/m0/s1. The molecule has 2 amide bonds. The highest BCUT2D eigenvalue weighted by molar-refractivity contribution is 6.35. The van der Waals surface area contributed by atoms with E-state index in [2.05, 4.69) is 62.9 Å². The number of fused-ring (bicyclic) bond motifs is 1. The first-order valence-electron chi connectivity index (χ1n) is 10.5. The highest BCUT2D eigenvalue weighted by Crippen LogP contribution is 2.35. The predicted molar refractivity (Wildman–Crippen MR) is 122 cm³/mol. The van der Waals surface area contributed by atoms with Gasteiger partial charge in [0.15, 0.2) is 0 Å². The molecule has 0 spiro atoms. The molecule has 0 saturated heterocycles. The molecule has 6 nitrogen and oxygen atoms in total. The van der Waals surface area contributed by atoms with Crippen LogP contribution in [0, 0.1) is 5.92 Å². The van der Waals surface area contributed by atoms with Crippen molar-refractivity contribution in [3.63, 3.8) is 0 Å². The number of nitrogens with one attached hydrogen (secondary N) is 2. The molecule has 0 aromatic heterocycles. The van der Waals surface area contributed by atoms with Crippen molar-refractivity contribution in [2.75, 3.05) is 43.5 Å². The van der Waals surface area contributed by atoms with Gasteiger partial charge in [0.1, 0.15) is 0 Å². The first-order chi connectivity index (χ1) is 14.4. The quantitative estimate of drug-likeness (QED) is 0.692. The number of anilines is 2. The highest BCUT2D eigenvalue weighted by Gasteiger charge is 2.28. The number of benzene rings is 2. The summed E-state index contributed by atoms with van der Waals surface area (Å²) in [6, 6.07) is 16.7. The molecule has 1 aliphatic rings. The number of hydrogen-bond donors (Lipinski definition) is 2. The van der Waals surface area contributed by atoms with Crippen molar-refractivity contribution in [1.82, 2.24) is 10.6 Å². The Balaban J connectivity index is 1.78. The van der Waals surface area contributed by atoms with Crippen LogP contribution in [0.1, 0.15) is 31.0 Å². The number of carbonyl (C=O) groups is 2. The summed E-state index contributed by atoms with van der Waals surface area (Å²) < 4.78 is 0. The third kappa shape index (κ3) is 5.12. The van der Waals surface area contributed by atoms with Crippen LogP contribution < -0.4 is 20.4 Å². The van der Waals surface area contributed by atoms with Crippen LogP contribution in [0.3, 0.4) is 0 Å². The van der Waals surface area contributed by atoms with Crippen molar-refractivity contribution in [2.45, 2.75) is 26.3 Å². The second kappa shape index (κ2) is 9.65. The van der Waals surface area contributed by atoms with E-state index in [0.717, 1.165) is 24.2 Å². The number of hydrogen-bond acceptors (Lipinski definition) is 4. The first-order valence-corrected chi connectivity index (χ1v) is 10.5. The lowest BCUT2D eigenvalue weighted by Crippen LogP contribution is -2.44. The van der Waals surface area contributed by atoms with Gasteiger partial charge >= 0.3 is 11.8 Å². The molecule has 1 heterocycles. The minimum atomic E-state index is -0.585.